The van der Waals surface area contributed by atoms with Gasteiger partial charge < -0.3 is 10.2 Å². The molecule has 0 bridgehead atoms. The summed E-state index contributed by atoms with van der Waals surface area (Å²) in [7, 11) is 0. The van der Waals surface area contributed by atoms with Crippen molar-refractivity contribution in [2.75, 3.05) is 31.7 Å². The zero-order chi connectivity index (χ0) is 13.0. The highest BCUT2D eigenvalue weighted by Gasteiger charge is 2.14. The minimum Gasteiger partial charge on any atom is -0.379 e. The van der Waals surface area contributed by atoms with Crippen molar-refractivity contribution in [1.29, 1.82) is 0 Å². The highest BCUT2D eigenvalue weighted by molar-refractivity contribution is 9.10. The highest BCUT2D eigenvalue weighted by Crippen LogP contribution is 2.17. The van der Waals surface area contributed by atoms with E-state index in [2.05, 4.69) is 33.0 Å². The van der Waals surface area contributed by atoms with Crippen LogP contribution in [0.25, 0.3) is 0 Å². The van der Waals surface area contributed by atoms with Gasteiger partial charge in [0.05, 0.1) is 31.6 Å². The summed E-state index contributed by atoms with van der Waals surface area (Å²) in [6.07, 6.45) is 3.26. The molecule has 1 aromatic heterocycles. The van der Waals surface area contributed by atoms with Gasteiger partial charge in [0, 0.05) is 13.1 Å². The Labute approximate surface area is 113 Å². The number of rotatable bonds is 4. The lowest BCUT2D eigenvalue weighted by Gasteiger charge is -2.28. The molecule has 1 aliphatic heterocycles. The van der Waals surface area contributed by atoms with Crippen molar-refractivity contribution >= 4 is 21.6 Å². The summed E-state index contributed by atoms with van der Waals surface area (Å²) in [6.45, 7) is 6.92. The molecule has 1 aliphatic rings. The van der Waals surface area contributed by atoms with Gasteiger partial charge in [-0.3, -0.25) is 4.79 Å². The van der Waals surface area contributed by atoms with Crippen LogP contribution in [-0.4, -0.2) is 41.1 Å². The number of morpholine rings is 1. The number of nitrogens with zero attached hydrogens (tertiary/aromatic N) is 3. The van der Waals surface area contributed by atoms with Crippen molar-refractivity contribution in [1.82, 2.24) is 14.8 Å². The molecule has 98 valence electrons. The quantitative estimate of drug-likeness (QED) is 0.835. The molecule has 2 heterocycles. The third kappa shape index (κ3) is 2.98. The fourth-order valence-electron chi connectivity index (χ4n) is 1.64. The Balaban J connectivity index is 2.15. The van der Waals surface area contributed by atoms with Gasteiger partial charge in [-0.25, -0.2) is 9.69 Å². The van der Waals surface area contributed by atoms with E-state index in [0.29, 0.717) is 29.9 Å². The Morgan fingerprint density at radius 2 is 2.28 bits per heavy atom. The zero-order valence-electron chi connectivity index (χ0n) is 9.93. The molecule has 1 saturated heterocycles. The molecule has 0 saturated carbocycles. The first-order valence-electron chi connectivity index (χ1n) is 5.68. The van der Waals surface area contributed by atoms with E-state index in [-0.39, 0.29) is 5.56 Å². The third-order valence-electron chi connectivity index (χ3n) is 2.58. The van der Waals surface area contributed by atoms with E-state index in [1.165, 1.54) is 4.68 Å². The molecule has 1 aromatic rings. The van der Waals surface area contributed by atoms with Crippen LogP contribution in [0.4, 0.5) is 5.69 Å². The molecule has 0 radical (unpaired) electrons. The maximum Gasteiger partial charge on any atom is 0.283 e. The van der Waals surface area contributed by atoms with Crippen molar-refractivity contribution in [2.24, 2.45) is 0 Å². The van der Waals surface area contributed by atoms with Gasteiger partial charge in [0.1, 0.15) is 4.47 Å². The second-order valence-corrected chi connectivity index (χ2v) is 4.65. The van der Waals surface area contributed by atoms with Gasteiger partial charge in [0.15, 0.2) is 0 Å². The Morgan fingerprint density at radius 1 is 1.56 bits per heavy atom. The molecule has 1 N–H and O–H groups in total. The Kier molecular flexibility index (Phi) is 4.51. The molecule has 2 rings (SSSR count). The molecular weight excluding hydrogens is 300 g/mol. The van der Waals surface area contributed by atoms with Crippen molar-refractivity contribution in [3.63, 3.8) is 0 Å². The average Bonchev–Trinajstić information content (AvgIpc) is 2.40. The standard InChI is InChI=1S/C11H15BrN4O2/c1-2-3-16-11(17)10(12)9(8-13-16)14-15-4-6-18-7-5-15/h2,8,14H,1,3-7H2. The van der Waals surface area contributed by atoms with Crippen LogP contribution in [0.1, 0.15) is 0 Å². The molecule has 0 unspecified atom stereocenters. The van der Waals surface area contributed by atoms with Gasteiger partial charge >= 0.3 is 0 Å². The van der Waals surface area contributed by atoms with E-state index in [9.17, 15) is 4.79 Å². The van der Waals surface area contributed by atoms with Crippen LogP contribution >= 0.6 is 15.9 Å². The van der Waals surface area contributed by atoms with Crippen molar-refractivity contribution in [3.8, 4) is 0 Å². The fourth-order valence-corrected chi connectivity index (χ4v) is 2.04. The Bertz CT molecular complexity index is 482. The molecule has 6 nitrogen and oxygen atoms in total. The minimum absolute atomic E-state index is 0.173. The number of aromatic nitrogens is 2. The lowest BCUT2D eigenvalue weighted by molar-refractivity contribution is 0.0496. The number of halogens is 1. The summed E-state index contributed by atoms with van der Waals surface area (Å²) in [5.41, 5.74) is 3.66. The first-order valence-corrected chi connectivity index (χ1v) is 6.47. The van der Waals surface area contributed by atoms with E-state index in [1.54, 1.807) is 12.3 Å². The summed E-state index contributed by atoms with van der Waals surface area (Å²) in [5, 5.41) is 6.08. The van der Waals surface area contributed by atoms with E-state index >= 15 is 0 Å². The first kappa shape index (κ1) is 13.3. The van der Waals surface area contributed by atoms with Gasteiger partial charge in [0.25, 0.3) is 5.56 Å². The van der Waals surface area contributed by atoms with E-state index in [4.69, 9.17) is 4.74 Å². The molecule has 0 aromatic carbocycles. The molecule has 1 fully saturated rings. The number of hydrazine groups is 1. The zero-order valence-corrected chi connectivity index (χ0v) is 11.5. The summed E-state index contributed by atoms with van der Waals surface area (Å²) in [6, 6.07) is 0. The summed E-state index contributed by atoms with van der Waals surface area (Å²) in [5.74, 6) is 0. The fraction of sp³-hybridized carbons (Fsp3) is 0.455. The van der Waals surface area contributed by atoms with Crippen LogP contribution in [0, 0.1) is 0 Å². The number of allylic oxidation sites excluding steroid dienone is 1. The van der Waals surface area contributed by atoms with Gasteiger partial charge in [-0.1, -0.05) is 6.08 Å². The topological polar surface area (TPSA) is 59.4 Å². The predicted molar refractivity (Wildman–Crippen MR) is 72.4 cm³/mol. The second-order valence-electron chi connectivity index (χ2n) is 3.86. The summed E-state index contributed by atoms with van der Waals surface area (Å²) in [4.78, 5) is 11.9. The van der Waals surface area contributed by atoms with E-state index < -0.39 is 0 Å². The number of hydrogen-bond acceptors (Lipinski definition) is 5. The van der Waals surface area contributed by atoms with Gasteiger partial charge in [0.2, 0.25) is 0 Å². The number of hydrogen-bond donors (Lipinski definition) is 1. The maximum absolute atomic E-state index is 11.9. The smallest absolute Gasteiger partial charge is 0.283 e. The minimum atomic E-state index is -0.173. The largest absolute Gasteiger partial charge is 0.379 e. The number of ether oxygens (including phenoxy) is 1. The normalized spacial score (nSPS) is 16.5. The first-order chi connectivity index (χ1) is 8.72. The third-order valence-corrected chi connectivity index (χ3v) is 3.34. The maximum atomic E-state index is 11.9. The highest BCUT2D eigenvalue weighted by atomic mass is 79.9. The lowest BCUT2D eigenvalue weighted by Crippen LogP contribution is -2.41. The number of nitrogens with one attached hydrogen (secondary N) is 1. The van der Waals surface area contributed by atoms with E-state index in [1.807, 2.05) is 5.01 Å². The predicted octanol–water partition coefficient (Wildman–Crippen LogP) is 0.851. The molecule has 0 amide bonds. The van der Waals surface area contributed by atoms with E-state index in [0.717, 1.165) is 13.1 Å². The SMILES string of the molecule is C=CCn1ncc(NN2CCOCC2)c(Br)c1=O. The molecule has 0 atom stereocenters. The van der Waals surface area contributed by atoms with Gasteiger partial charge in [-0.05, 0) is 15.9 Å². The van der Waals surface area contributed by atoms with Crippen molar-refractivity contribution in [2.45, 2.75) is 6.54 Å². The lowest BCUT2D eigenvalue weighted by atomic mass is 10.4. The van der Waals surface area contributed by atoms with Crippen LogP contribution < -0.4 is 11.0 Å². The Morgan fingerprint density at radius 3 is 2.94 bits per heavy atom. The Hall–Kier alpha value is -1.18. The summed E-state index contributed by atoms with van der Waals surface area (Å²) < 4.78 is 7.08. The van der Waals surface area contributed by atoms with Crippen LogP contribution in [0.15, 0.2) is 28.1 Å². The van der Waals surface area contributed by atoms with Gasteiger partial charge in [-0.2, -0.15) is 5.10 Å². The summed E-state index contributed by atoms with van der Waals surface area (Å²) >= 11 is 3.30. The van der Waals surface area contributed by atoms with Crippen LogP contribution in [0.3, 0.4) is 0 Å². The van der Waals surface area contributed by atoms with Crippen molar-refractivity contribution < 1.29 is 4.74 Å². The van der Waals surface area contributed by atoms with Crippen LogP contribution in [-0.2, 0) is 11.3 Å². The van der Waals surface area contributed by atoms with Gasteiger partial charge in [-0.15, -0.1) is 6.58 Å². The molecule has 0 spiro atoms. The monoisotopic (exact) mass is 314 g/mol. The average molecular weight is 315 g/mol. The number of anilines is 1. The molecule has 0 aliphatic carbocycles. The van der Waals surface area contributed by atoms with Crippen LogP contribution in [0.5, 0.6) is 0 Å². The molecule has 7 heteroatoms. The van der Waals surface area contributed by atoms with Crippen molar-refractivity contribution in [3.05, 3.63) is 33.7 Å². The second kappa shape index (κ2) is 6.12. The molecular formula is C11H15BrN4O2. The van der Waals surface area contributed by atoms with Crippen LogP contribution in [0.2, 0.25) is 0 Å². The molecule has 18 heavy (non-hydrogen) atoms.